The van der Waals surface area contributed by atoms with Gasteiger partial charge in [0.2, 0.25) is 0 Å². The zero-order chi connectivity index (χ0) is 22.7. The number of ether oxygens (including phenoxy) is 2. The molecule has 1 saturated heterocycles. The fourth-order valence-electron chi connectivity index (χ4n) is 3.55. The maximum Gasteiger partial charge on any atom is 0.416 e. The summed E-state index contributed by atoms with van der Waals surface area (Å²) in [6.07, 6.45) is 2.56. The van der Waals surface area contributed by atoms with E-state index >= 15 is 0 Å². The maximum absolute atomic E-state index is 12.9. The van der Waals surface area contributed by atoms with Crippen molar-refractivity contribution in [2.75, 3.05) is 49.3 Å². The summed E-state index contributed by atoms with van der Waals surface area (Å²) in [6, 6.07) is 1.87. The number of aromatic nitrogens is 3. The van der Waals surface area contributed by atoms with Crippen LogP contribution in [0, 0.1) is 6.92 Å². The van der Waals surface area contributed by atoms with Crippen LogP contribution in [0.1, 0.15) is 12.6 Å². The van der Waals surface area contributed by atoms with Crippen molar-refractivity contribution in [1.82, 2.24) is 15.0 Å². The third-order valence-corrected chi connectivity index (χ3v) is 5.26. The van der Waals surface area contributed by atoms with E-state index in [1.807, 2.05) is 19.9 Å². The number of anilines is 2. The quantitative estimate of drug-likeness (QED) is 0.689. The van der Waals surface area contributed by atoms with E-state index in [1.165, 1.54) is 6.20 Å². The van der Waals surface area contributed by atoms with Crippen molar-refractivity contribution in [3.63, 3.8) is 0 Å². The largest absolute Gasteiger partial charge is 0.475 e. The number of nitrogens with zero attached hydrogens (tertiary/aromatic N) is 5. The van der Waals surface area contributed by atoms with E-state index < -0.39 is 11.7 Å². The van der Waals surface area contributed by atoms with Gasteiger partial charge in [-0.15, -0.1) is 0 Å². The van der Waals surface area contributed by atoms with Crippen LogP contribution in [0.25, 0.3) is 11.3 Å². The molecule has 0 spiro atoms. The fraction of sp³-hybridized carbons (Fsp3) is 0.409. The van der Waals surface area contributed by atoms with Crippen LogP contribution in [0.3, 0.4) is 0 Å². The summed E-state index contributed by atoms with van der Waals surface area (Å²) in [6.45, 7) is 6.88. The lowest BCUT2D eigenvalue weighted by molar-refractivity contribution is -0.0885. The van der Waals surface area contributed by atoms with E-state index in [4.69, 9.17) is 14.5 Å². The van der Waals surface area contributed by atoms with Crippen LogP contribution in [0.2, 0.25) is 0 Å². The van der Waals surface area contributed by atoms with E-state index in [2.05, 4.69) is 14.9 Å². The van der Waals surface area contributed by atoms with Crippen LogP contribution in [0.4, 0.5) is 24.7 Å². The Labute approximate surface area is 184 Å². The van der Waals surface area contributed by atoms with Crippen molar-refractivity contribution < 1.29 is 22.6 Å². The molecule has 0 saturated carbocycles. The first-order valence-electron chi connectivity index (χ1n) is 10.4. The standard InChI is InChI=1S/C22H24F3N5O2/c1-3-32-21-20(30-8-10-31-11-9-30)28-19(14-27-21)18-12-17(13-26-15(18)2)29-6-4-16(5-7-29)22(23,24)25/h4-6,12-14H,3,7-11H2,1-2H3. The molecule has 1 fully saturated rings. The molecular formula is C22H24F3N5O2. The fourth-order valence-corrected chi connectivity index (χ4v) is 3.55. The second kappa shape index (κ2) is 9.15. The van der Waals surface area contributed by atoms with Crippen LogP contribution in [0.15, 0.2) is 42.4 Å². The van der Waals surface area contributed by atoms with Crippen LogP contribution in [-0.4, -0.2) is 60.6 Å². The molecule has 4 rings (SSSR count). The van der Waals surface area contributed by atoms with Gasteiger partial charge in [0.05, 0.1) is 49.2 Å². The van der Waals surface area contributed by atoms with Crippen LogP contribution in [0.5, 0.6) is 5.88 Å². The Hall–Kier alpha value is -3.14. The van der Waals surface area contributed by atoms with E-state index in [-0.39, 0.29) is 6.54 Å². The van der Waals surface area contributed by atoms with E-state index in [9.17, 15) is 13.2 Å². The Morgan fingerprint density at radius 2 is 1.94 bits per heavy atom. The Morgan fingerprint density at radius 1 is 1.16 bits per heavy atom. The summed E-state index contributed by atoms with van der Waals surface area (Å²) in [4.78, 5) is 17.5. The summed E-state index contributed by atoms with van der Waals surface area (Å²) in [5, 5.41) is 0. The topological polar surface area (TPSA) is 63.6 Å². The molecule has 2 aliphatic heterocycles. The molecule has 0 bridgehead atoms. The highest BCUT2D eigenvalue weighted by Gasteiger charge is 2.33. The van der Waals surface area contributed by atoms with Gasteiger partial charge in [-0.1, -0.05) is 6.08 Å². The number of hydrogen-bond donors (Lipinski definition) is 0. The molecule has 0 radical (unpaired) electrons. The van der Waals surface area contributed by atoms with Gasteiger partial charge in [-0.05, 0) is 26.0 Å². The van der Waals surface area contributed by atoms with Crippen molar-refractivity contribution in [3.8, 4) is 17.1 Å². The van der Waals surface area contributed by atoms with E-state index in [1.54, 1.807) is 17.3 Å². The average molecular weight is 447 g/mol. The van der Waals surface area contributed by atoms with Gasteiger partial charge in [0, 0.05) is 37.1 Å². The first-order chi connectivity index (χ1) is 15.4. The van der Waals surface area contributed by atoms with Crippen LogP contribution in [-0.2, 0) is 4.74 Å². The molecular weight excluding hydrogens is 423 g/mol. The van der Waals surface area contributed by atoms with Crippen molar-refractivity contribution in [3.05, 3.63) is 48.1 Å². The number of halogens is 3. The monoisotopic (exact) mass is 447 g/mol. The Bertz CT molecular complexity index is 1030. The molecule has 0 unspecified atom stereocenters. The molecule has 0 N–H and O–H groups in total. The van der Waals surface area contributed by atoms with Crippen molar-refractivity contribution in [1.29, 1.82) is 0 Å². The highest BCUT2D eigenvalue weighted by molar-refractivity contribution is 5.69. The minimum Gasteiger partial charge on any atom is -0.475 e. The molecule has 0 atom stereocenters. The second-order valence-electron chi connectivity index (χ2n) is 7.37. The van der Waals surface area contributed by atoms with Crippen LogP contribution >= 0.6 is 0 Å². The summed E-state index contributed by atoms with van der Waals surface area (Å²) < 4.78 is 49.8. The SMILES string of the molecule is CCOc1ncc(-c2cc(N3C=CC(C(F)(F)F)=CC3)cnc2C)nc1N1CCOCC1. The summed E-state index contributed by atoms with van der Waals surface area (Å²) in [5.41, 5.74) is 2.14. The zero-order valence-electron chi connectivity index (χ0n) is 17.9. The van der Waals surface area contributed by atoms with Gasteiger partial charge in [0.1, 0.15) is 0 Å². The number of pyridine rings is 1. The molecule has 170 valence electrons. The Kier molecular flexibility index (Phi) is 6.31. The first-order valence-corrected chi connectivity index (χ1v) is 10.4. The molecule has 2 aromatic heterocycles. The summed E-state index contributed by atoms with van der Waals surface area (Å²) >= 11 is 0. The van der Waals surface area contributed by atoms with E-state index in [0.717, 1.165) is 23.4 Å². The van der Waals surface area contributed by atoms with E-state index in [0.29, 0.717) is 56.0 Å². The third-order valence-electron chi connectivity index (χ3n) is 5.26. The van der Waals surface area contributed by atoms with Crippen molar-refractivity contribution in [2.24, 2.45) is 0 Å². The van der Waals surface area contributed by atoms with Crippen molar-refractivity contribution >= 4 is 11.5 Å². The highest BCUT2D eigenvalue weighted by Crippen LogP contribution is 2.33. The zero-order valence-corrected chi connectivity index (χ0v) is 17.9. The maximum atomic E-state index is 12.9. The minimum atomic E-state index is -4.35. The molecule has 0 amide bonds. The predicted molar refractivity (Wildman–Crippen MR) is 115 cm³/mol. The van der Waals surface area contributed by atoms with Gasteiger partial charge in [-0.3, -0.25) is 4.98 Å². The number of aryl methyl sites for hydroxylation is 1. The third kappa shape index (κ3) is 4.69. The Morgan fingerprint density at radius 3 is 2.59 bits per heavy atom. The van der Waals surface area contributed by atoms with Gasteiger partial charge >= 0.3 is 6.18 Å². The minimum absolute atomic E-state index is 0.101. The molecule has 0 aromatic carbocycles. The molecule has 32 heavy (non-hydrogen) atoms. The number of allylic oxidation sites excluding steroid dienone is 2. The lowest BCUT2D eigenvalue weighted by Gasteiger charge is -2.29. The van der Waals surface area contributed by atoms with Gasteiger partial charge in [-0.2, -0.15) is 13.2 Å². The Balaban J connectivity index is 1.65. The lowest BCUT2D eigenvalue weighted by Crippen LogP contribution is -2.37. The smallest absolute Gasteiger partial charge is 0.416 e. The van der Waals surface area contributed by atoms with Crippen molar-refractivity contribution in [2.45, 2.75) is 20.0 Å². The average Bonchev–Trinajstić information content (AvgIpc) is 2.80. The van der Waals surface area contributed by atoms with Gasteiger partial charge in [-0.25, -0.2) is 9.97 Å². The molecule has 7 nitrogen and oxygen atoms in total. The van der Waals surface area contributed by atoms with Gasteiger partial charge < -0.3 is 19.3 Å². The normalized spacial score (nSPS) is 16.8. The molecule has 10 heteroatoms. The lowest BCUT2D eigenvalue weighted by atomic mass is 10.1. The predicted octanol–water partition coefficient (Wildman–Crippen LogP) is 3.90. The van der Waals surface area contributed by atoms with Crippen LogP contribution < -0.4 is 14.5 Å². The molecule has 2 aromatic rings. The first kappa shape index (κ1) is 22.1. The van der Waals surface area contributed by atoms with Gasteiger partial charge in [0.25, 0.3) is 5.88 Å². The number of hydrogen-bond acceptors (Lipinski definition) is 7. The molecule has 0 aliphatic carbocycles. The number of morpholine rings is 1. The summed E-state index contributed by atoms with van der Waals surface area (Å²) in [7, 11) is 0. The highest BCUT2D eigenvalue weighted by atomic mass is 19.4. The summed E-state index contributed by atoms with van der Waals surface area (Å²) in [5.74, 6) is 1.11. The number of rotatable bonds is 5. The molecule has 4 heterocycles. The second-order valence-corrected chi connectivity index (χ2v) is 7.37. The van der Waals surface area contributed by atoms with Gasteiger partial charge in [0.15, 0.2) is 5.82 Å². The number of alkyl halides is 3. The molecule has 2 aliphatic rings.